The molecule has 0 saturated carbocycles. The summed E-state index contributed by atoms with van der Waals surface area (Å²) in [6.07, 6.45) is 2.47. The molecule has 0 bridgehead atoms. The van der Waals surface area contributed by atoms with E-state index in [1.165, 1.54) is 12.8 Å². The van der Waals surface area contributed by atoms with Crippen molar-refractivity contribution in [3.63, 3.8) is 0 Å². The first-order valence-electron chi connectivity index (χ1n) is 5.94. The largest absolute Gasteiger partial charge is 0.314 e. The second-order valence-corrected chi connectivity index (χ2v) is 5.47. The van der Waals surface area contributed by atoms with E-state index >= 15 is 0 Å². The molecule has 0 aromatic carbocycles. The van der Waals surface area contributed by atoms with Gasteiger partial charge in [0.2, 0.25) is 0 Å². The van der Waals surface area contributed by atoms with Crippen LogP contribution in [0.2, 0.25) is 0 Å². The Morgan fingerprint density at radius 2 is 2.07 bits per heavy atom. The van der Waals surface area contributed by atoms with Gasteiger partial charge in [-0.3, -0.25) is 0 Å². The Bertz CT molecular complexity index is 278. The van der Waals surface area contributed by atoms with Crippen LogP contribution in [0.3, 0.4) is 0 Å². The number of thiophene rings is 1. The van der Waals surface area contributed by atoms with E-state index in [1.54, 1.807) is 10.4 Å². The maximum Gasteiger partial charge on any atom is 0.0118 e. The fraction of sp³-hybridized carbons (Fsp3) is 0.692. The van der Waals surface area contributed by atoms with Gasteiger partial charge in [-0.25, -0.2) is 0 Å². The molecule has 0 amide bonds. The first-order chi connectivity index (χ1) is 7.15. The lowest BCUT2D eigenvalue weighted by Crippen LogP contribution is -2.26. The van der Waals surface area contributed by atoms with Gasteiger partial charge in [0.05, 0.1) is 0 Å². The van der Waals surface area contributed by atoms with Crippen molar-refractivity contribution in [2.24, 2.45) is 0 Å². The van der Waals surface area contributed by atoms with Gasteiger partial charge in [0.25, 0.3) is 0 Å². The SMILES string of the molecule is CCCc1ccsc1C(C)CNC(C)C. The minimum atomic E-state index is 0.585. The van der Waals surface area contributed by atoms with E-state index in [1.807, 2.05) is 11.3 Å². The number of hydrogen-bond acceptors (Lipinski definition) is 2. The van der Waals surface area contributed by atoms with Gasteiger partial charge < -0.3 is 5.32 Å². The normalized spacial score (nSPS) is 13.4. The van der Waals surface area contributed by atoms with Crippen molar-refractivity contribution in [1.82, 2.24) is 5.32 Å². The maximum absolute atomic E-state index is 3.51. The second-order valence-electron chi connectivity index (χ2n) is 4.52. The zero-order chi connectivity index (χ0) is 11.3. The van der Waals surface area contributed by atoms with Crippen LogP contribution < -0.4 is 5.32 Å². The van der Waals surface area contributed by atoms with Crippen molar-refractivity contribution < 1.29 is 0 Å². The first kappa shape index (κ1) is 12.7. The molecule has 0 saturated heterocycles. The molecule has 0 aliphatic heterocycles. The minimum absolute atomic E-state index is 0.585. The van der Waals surface area contributed by atoms with Crippen LogP contribution in [0.5, 0.6) is 0 Å². The lowest BCUT2D eigenvalue weighted by Gasteiger charge is -2.15. The zero-order valence-corrected chi connectivity index (χ0v) is 11.2. The highest BCUT2D eigenvalue weighted by Crippen LogP contribution is 2.26. The van der Waals surface area contributed by atoms with E-state index in [2.05, 4.69) is 44.5 Å². The molecule has 1 heterocycles. The summed E-state index contributed by atoms with van der Waals surface area (Å²) in [4.78, 5) is 1.57. The molecule has 1 rings (SSSR count). The predicted molar refractivity (Wildman–Crippen MR) is 69.9 cm³/mol. The summed E-state index contributed by atoms with van der Waals surface area (Å²) in [7, 11) is 0. The van der Waals surface area contributed by atoms with E-state index in [0.29, 0.717) is 12.0 Å². The highest BCUT2D eigenvalue weighted by atomic mass is 32.1. The Hall–Kier alpha value is -0.340. The number of aryl methyl sites for hydroxylation is 1. The van der Waals surface area contributed by atoms with Gasteiger partial charge >= 0.3 is 0 Å². The van der Waals surface area contributed by atoms with Crippen molar-refractivity contribution in [3.8, 4) is 0 Å². The molecule has 0 fully saturated rings. The van der Waals surface area contributed by atoms with E-state index in [4.69, 9.17) is 0 Å². The van der Waals surface area contributed by atoms with Gasteiger partial charge in [-0.05, 0) is 23.4 Å². The van der Waals surface area contributed by atoms with Crippen LogP contribution in [-0.2, 0) is 6.42 Å². The van der Waals surface area contributed by atoms with Crippen LogP contribution in [-0.4, -0.2) is 12.6 Å². The lowest BCUT2D eigenvalue weighted by molar-refractivity contribution is 0.550. The summed E-state index contributed by atoms with van der Waals surface area (Å²) in [6.45, 7) is 10.1. The minimum Gasteiger partial charge on any atom is -0.314 e. The summed E-state index contributed by atoms with van der Waals surface area (Å²) < 4.78 is 0. The molecule has 0 radical (unpaired) electrons. The molecule has 2 heteroatoms. The quantitative estimate of drug-likeness (QED) is 0.776. The van der Waals surface area contributed by atoms with Gasteiger partial charge in [0.15, 0.2) is 0 Å². The molecule has 1 aromatic rings. The third kappa shape index (κ3) is 3.96. The smallest absolute Gasteiger partial charge is 0.0118 e. The summed E-state index contributed by atoms with van der Waals surface area (Å²) in [5.74, 6) is 0.647. The molecule has 0 spiro atoms. The van der Waals surface area contributed by atoms with Crippen LogP contribution in [0.25, 0.3) is 0 Å². The van der Waals surface area contributed by atoms with Crippen LogP contribution in [0.15, 0.2) is 11.4 Å². The summed E-state index contributed by atoms with van der Waals surface area (Å²) in [6, 6.07) is 2.87. The summed E-state index contributed by atoms with van der Waals surface area (Å²) in [5.41, 5.74) is 1.56. The molecule has 1 N–H and O–H groups in total. The maximum atomic E-state index is 3.51. The standard InChI is InChI=1S/C13H23NS/c1-5-6-12-7-8-15-13(12)11(4)9-14-10(2)3/h7-8,10-11,14H,5-6,9H2,1-4H3. The Morgan fingerprint density at radius 3 is 2.67 bits per heavy atom. The fourth-order valence-corrected chi connectivity index (χ4v) is 2.78. The monoisotopic (exact) mass is 225 g/mol. The van der Waals surface area contributed by atoms with Gasteiger partial charge in [-0.2, -0.15) is 0 Å². The molecule has 86 valence electrons. The Labute approximate surface area is 97.9 Å². The van der Waals surface area contributed by atoms with Crippen LogP contribution in [0.1, 0.15) is 50.5 Å². The first-order valence-corrected chi connectivity index (χ1v) is 6.82. The van der Waals surface area contributed by atoms with Crippen molar-refractivity contribution >= 4 is 11.3 Å². The predicted octanol–water partition coefficient (Wildman–Crippen LogP) is 3.80. The van der Waals surface area contributed by atoms with E-state index in [9.17, 15) is 0 Å². The highest BCUT2D eigenvalue weighted by Gasteiger charge is 2.11. The van der Waals surface area contributed by atoms with Crippen LogP contribution in [0.4, 0.5) is 0 Å². The third-order valence-corrected chi connectivity index (χ3v) is 3.77. The average molecular weight is 225 g/mol. The van der Waals surface area contributed by atoms with Gasteiger partial charge in [-0.1, -0.05) is 34.1 Å². The summed E-state index contributed by atoms with van der Waals surface area (Å²) >= 11 is 1.91. The third-order valence-electron chi connectivity index (χ3n) is 2.58. The number of rotatable bonds is 6. The fourth-order valence-electron chi connectivity index (χ4n) is 1.76. The zero-order valence-electron chi connectivity index (χ0n) is 10.3. The lowest BCUT2D eigenvalue weighted by atomic mass is 10.0. The van der Waals surface area contributed by atoms with Crippen molar-refractivity contribution in [3.05, 3.63) is 21.9 Å². The molecule has 0 aliphatic rings. The Morgan fingerprint density at radius 1 is 1.33 bits per heavy atom. The second kappa shape index (κ2) is 6.29. The number of hydrogen-bond donors (Lipinski definition) is 1. The molecular weight excluding hydrogens is 202 g/mol. The number of nitrogens with one attached hydrogen (secondary N) is 1. The van der Waals surface area contributed by atoms with E-state index in [0.717, 1.165) is 6.54 Å². The van der Waals surface area contributed by atoms with Crippen LogP contribution >= 0.6 is 11.3 Å². The highest BCUT2D eigenvalue weighted by molar-refractivity contribution is 7.10. The Balaban J connectivity index is 2.56. The van der Waals surface area contributed by atoms with Gasteiger partial charge in [0.1, 0.15) is 0 Å². The Kier molecular flexibility index (Phi) is 5.34. The van der Waals surface area contributed by atoms with Gasteiger partial charge in [-0.15, -0.1) is 11.3 Å². The van der Waals surface area contributed by atoms with E-state index in [-0.39, 0.29) is 0 Å². The molecule has 0 aliphatic carbocycles. The van der Waals surface area contributed by atoms with E-state index < -0.39 is 0 Å². The molecule has 1 nitrogen and oxygen atoms in total. The molecule has 1 unspecified atom stereocenters. The molecule has 1 aromatic heterocycles. The molecule has 15 heavy (non-hydrogen) atoms. The van der Waals surface area contributed by atoms with Crippen molar-refractivity contribution in [1.29, 1.82) is 0 Å². The van der Waals surface area contributed by atoms with Gasteiger partial charge in [0, 0.05) is 23.4 Å². The average Bonchev–Trinajstić information content (AvgIpc) is 2.63. The topological polar surface area (TPSA) is 12.0 Å². The molecule has 1 atom stereocenters. The van der Waals surface area contributed by atoms with Crippen LogP contribution in [0, 0.1) is 0 Å². The summed E-state index contributed by atoms with van der Waals surface area (Å²) in [5, 5.41) is 5.74. The van der Waals surface area contributed by atoms with Crippen molar-refractivity contribution in [2.45, 2.75) is 52.5 Å². The molecular formula is C13H23NS. The van der Waals surface area contributed by atoms with Crippen molar-refractivity contribution in [2.75, 3.05) is 6.54 Å².